The van der Waals surface area contributed by atoms with E-state index in [1.54, 1.807) is 38.5 Å². The minimum absolute atomic E-state index is 0.139. The van der Waals surface area contributed by atoms with Gasteiger partial charge in [0.25, 0.3) is 0 Å². The maximum absolute atomic E-state index is 12.9. The van der Waals surface area contributed by atoms with Gasteiger partial charge in [-0.3, -0.25) is 4.79 Å². The molecule has 1 amide bonds. The Hall–Kier alpha value is -2.29. The molecule has 3 rings (SSSR count). The van der Waals surface area contributed by atoms with Crippen LogP contribution in [-0.2, 0) is 21.4 Å². The van der Waals surface area contributed by atoms with Gasteiger partial charge in [-0.25, -0.2) is 8.42 Å². The Labute approximate surface area is 182 Å². The number of methoxy groups -OCH3 is 2. The van der Waals surface area contributed by atoms with Gasteiger partial charge in [-0.15, -0.1) is 0 Å². The summed E-state index contributed by atoms with van der Waals surface area (Å²) in [6, 6.07) is 11.5. The molecular formula is C21H25ClN2O5S. The quantitative estimate of drug-likeness (QED) is 0.697. The lowest BCUT2D eigenvalue weighted by atomic mass is 9.98. The summed E-state index contributed by atoms with van der Waals surface area (Å²) in [4.78, 5) is 13.0. The fourth-order valence-electron chi connectivity index (χ4n) is 3.55. The molecule has 0 aromatic heterocycles. The van der Waals surface area contributed by atoms with E-state index in [4.69, 9.17) is 21.1 Å². The first kappa shape index (κ1) is 22.4. The lowest BCUT2D eigenvalue weighted by Crippen LogP contribution is -2.45. The van der Waals surface area contributed by atoms with E-state index in [9.17, 15) is 13.2 Å². The van der Waals surface area contributed by atoms with Crippen molar-refractivity contribution in [3.8, 4) is 11.5 Å². The van der Waals surface area contributed by atoms with Crippen LogP contribution >= 0.6 is 11.6 Å². The molecule has 2 aromatic carbocycles. The van der Waals surface area contributed by atoms with E-state index >= 15 is 0 Å². The number of ether oxygens (including phenoxy) is 2. The van der Waals surface area contributed by atoms with Crippen LogP contribution in [0.5, 0.6) is 11.5 Å². The molecule has 1 fully saturated rings. The number of nitrogens with zero attached hydrogens (tertiary/aromatic N) is 1. The summed E-state index contributed by atoms with van der Waals surface area (Å²) in [7, 11) is -0.566. The number of rotatable bonds is 7. The minimum atomic E-state index is -3.68. The van der Waals surface area contributed by atoms with E-state index < -0.39 is 15.9 Å². The standard InChI is InChI=1S/C21H25ClN2O5S/c1-28-19-6-3-7-20(29-2)18(19)13-23-21(25)15-5-4-12-24(14-15)30(26,27)17-10-8-16(22)9-11-17/h3,6-11,15H,4-5,12-14H2,1-2H3,(H,23,25)/t15-/m0/s1. The van der Waals surface area contributed by atoms with Crippen LogP contribution in [0.25, 0.3) is 0 Å². The van der Waals surface area contributed by atoms with Crippen molar-refractivity contribution in [1.29, 1.82) is 0 Å². The second-order valence-corrected chi connectivity index (χ2v) is 9.39. The van der Waals surface area contributed by atoms with Crippen LogP contribution in [0.3, 0.4) is 0 Å². The minimum Gasteiger partial charge on any atom is -0.496 e. The number of sulfonamides is 1. The monoisotopic (exact) mass is 452 g/mol. The van der Waals surface area contributed by atoms with Crippen molar-refractivity contribution >= 4 is 27.5 Å². The number of nitrogens with one attached hydrogen (secondary N) is 1. The number of carbonyl (C=O) groups is 1. The fourth-order valence-corrected chi connectivity index (χ4v) is 5.20. The van der Waals surface area contributed by atoms with Crippen molar-refractivity contribution in [2.24, 2.45) is 5.92 Å². The third-order valence-electron chi connectivity index (χ3n) is 5.18. The highest BCUT2D eigenvalue weighted by Crippen LogP contribution is 2.29. The van der Waals surface area contributed by atoms with Gasteiger partial charge < -0.3 is 14.8 Å². The molecule has 0 bridgehead atoms. The predicted octanol–water partition coefficient (Wildman–Crippen LogP) is 3.07. The molecular weight excluding hydrogens is 428 g/mol. The maximum Gasteiger partial charge on any atom is 0.243 e. The highest BCUT2D eigenvalue weighted by atomic mass is 35.5. The average Bonchev–Trinajstić information content (AvgIpc) is 2.77. The second kappa shape index (κ2) is 9.68. The molecule has 0 unspecified atom stereocenters. The molecule has 7 nitrogen and oxygen atoms in total. The summed E-state index contributed by atoms with van der Waals surface area (Å²) in [5.41, 5.74) is 0.734. The molecule has 0 aliphatic carbocycles. The molecule has 0 radical (unpaired) electrons. The maximum atomic E-state index is 12.9. The summed E-state index contributed by atoms with van der Waals surface area (Å²) in [6.45, 7) is 0.751. The molecule has 1 heterocycles. The first-order valence-corrected chi connectivity index (χ1v) is 11.4. The summed E-state index contributed by atoms with van der Waals surface area (Å²) in [6.07, 6.45) is 1.24. The van der Waals surface area contributed by atoms with Gasteiger partial charge in [-0.05, 0) is 49.2 Å². The highest BCUT2D eigenvalue weighted by Gasteiger charge is 2.33. The first-order valence-electron chi connectivity index (χ1n) is 9.60. The normalized spacial score (nSPS) is 17.4. The van der Waals surface area contributed by atoms with Crippen LogP contribution in [0.4, 0.5) is 0 Å². The molecule has 9 heteroatoms. The van der Waals surface area contributed by atoms with Gasteiger partial charge in [-0.1, -0.05) is 17.7 Å². The molecule has 1 N–H and O–H groups in total. The van der Waals surface area contributed by atoms with Gasteiger partial charge in [0.1, 0.15) is 11.5 Å². The van der Waals surface area contributed by atoms with Crippen molar-refractivity contribution in [1.82, 2.24) is 9.62 Å². The number of carbonyl (C=O) groups excluding carboxylic acids is 1. The summed E-state index contributed by atoms with van der Waals surface area (Å²) in [5.74, 6) is 0.607. The zero-order chi connectivity index (χ0) is 21.7. The van der Waals surface area contributed by atoms with Gasteiger partial charge in [0.15, 0.2) is 0 Å². The van der Waals surface area contributed by atoms with Crippen LogP contribution in [0, 0.1) is 5.92 Å². The van der Waals surface area contributed by atoms with Crippen LogP contribution in [-0.4, -0.2) is 45.9 Å². The second-order valence-electron chi connectivity index (χ2n) is 7.02. The molecule has 0 spiro atoms. The van der Waals surface area contributed by atoms with Crippen molar-refractivity contribution in [3.63, 3.8) is 0 Å². The van der Waals surface area contributed by atoms with Crippen LogP contribution < -0.4 is 14.8 Å². The number of amides is 1. The molecule has 30 heavy (non-hydrogen) atoms. The third-order valence-corrected chi connectivity index (χ3v) is 7.31. The molecule has 2 aromatic rings. The number of halogens is 1. The Kier molecular flexibility index (Phi) is 7.23. The lowest BCUT2D eigenvalue weighted by molar-refractivity contribution is -0.126. The van der Waals surface area contributed by atoms with Crippen LogP contribution in [0.15, 0.2) is 47.4 Å². The average molecular weight is 453 g/mol. The van der Waals surface area contributed by atoms with Gasteiger partial charge in [0.05, 0.1) is 37.1 Å². The zero-order valence-electron chi connectivity index (χ0n) is 16.9. The number of hydrogen-bond donors (Lipinski definition) is 1. The topological polar surface area (TPSA) is 84.9 Å². The number of hydrogen-bond acceptors (Lipinski definition) is 5. The Morgan fingerprint density at radius 2 is 1.77 bits per heavy atom. The number of piperidine rings is 1. The van der Waals surface area contributed by atoms with Gasteiger partial charge in [-0.2, -0.15) is 4.31 Å². The Morgan fingerprint density at radius 3 is 2.37 bits per heavy atom. The first-order chi connectivity index (χ1) is 14.4. The Morgan fingerprint density at radius 1 is 1.13 bits per heavy atom. The van der Waals surface area contributed by atoms with Crippen molar-refractivity contribution in [3.05, 3.63) is 53.1 Å². The van der Waals surface area contributed by atoms with Crippen molar-refractivity contribution in [2.45, 2.75) is 24.3 Å². The molecule has 162 valence electrons. The smallest absolute Gasteiger partial charge is 0.243 e. The van der Waals surface area contributed by atoms with Gasteiger partial charge in [0.2, 0.25) is 15.9 Å². The highest BCUT2D eigenvalue weighted by molar-refractivity contribution is 7.89. The van der Waals surface area contributed by atoms with E-state index in [1.807, 2.05) is 6.07 Å². The van der Waals surface area contributed by atoms with E-state index in [0.717, 1.165) is 5.56 Å². The lowest BCUT2D eigenvalue weighted by Gasteiger charge is -2.31. The predicted molar refractivity (Wildman–Crippen MR) is 114 cm³/mol. The molecule has 1 aliphatic heterocycles. The van der Waals surface area contributed by atoms with Crippen LogP contribution in [0.2, 0.25) is 5.02 Å². The molecule has 1 saturated heterocycles. The largest absolute Gasteiger partial charge is 0.496 e. The number of benzene rings is 2. The van der Waals surface area contributed by atoms with E-state index in [1.165, 1.54) is 16.4 Å². The molecule has 1 atom stereocenters. The van der Waals surface area contributed by atoms with E-state index in [2.05, 4.69) is 5.32 Å². The fraction of sp³-hybridized carbons (Fsp3) is 0.381. The van der Waals surface area contributed by atoms with Gasteiger partial charge >= 0.3 is 0 Å². The zero-order valence-corrected chi connectivity index (χ0v) is 18.5. The molecule has 1 aliphatic rings. The third kappa shape index (κ3) is 4.88. The summed E-state index contributed by atoms with van der Waals surface area (Å²) in [5, 5.41) is 3.37. The summed E-state index contributed by atoms with van der Waals surface area (Å²) < 4.78 is 37.9. The Bertz CT molecular complexity index is 973. The SMILES string of the molecule is COc1cccc(OC)c1CNC(=O)[C@H]1CCCN(S(=O)(=O)c2ccc(Cl)cc2)C1. The van der Waals surface area contributed by atoms with Crippen molar-refractivity contribution < 1.29 is 22.7 Å². The van der Waals surface area contributed by atoms with E-state index in [0.29, 0.717) is 35.9 Å². The Balaban J connectivity index is 1.69. The van der Waals surface area contributed by atoms with Crippen LogP contribution in [0.1, 0.15) is 18.4 Å². The van der Waals surface area contributed by atoms with Crippen molar-refractivity contribution in [2.75, 3.05) is 27.3 Å². The van der Waals surface area contributed by atoms with E-state index in [-0.39, 0.29) is 23.9 Å². The van der Waals surface area contributed by atoms with Gasteiger partial charge in [0, 0.05) is 18.1 Å². The summed E-state index contributed by atoms with van der Waals surface area (Å²) >= 11 is 5.86. The molecule has 0 saturated carbocycles.